The first-order chi connectivity index (χ1) is 34.0. The van der Waals surface area contributed by atoms with Gasteiger partial charge in [0.2, 0.25) is 0 Å². The zero-order valence-corrected chi connectivity index (χ0v) is 29.1. The van der Waals surface area contributed by atoms with Gasteiger partial charge < -0.3 is 9.13 Å². The molecule has 11 rings (SSSR count). The fraction of sp³-hybridized carbons (Fsp3) is 0. The molecule has 8 aromatic carbocycles. The normalized spacial score (nSPS) is 15.3. The highest BCUT2D eigenvalue weighted by atomic mass is 15.0. The topological polar surface area (TPSA) is 48.5 Å². The first kappa shape index (κ1) is 20.2. The molecule has 0 radical (unpaired) electrons. The minimum Gasteiger partial charge on any atom is -0.309 e. The second-order valence-electron chi connectivity index (χ2n) is 13.0. The molecule has 0 aliphatic carbocycles. The van der Waals surface area contributed by atoms with E-state index in [0.29, 0.717) is 28.3 Å². The van der Waals surface area contributed by atoms with Gasteiger partial charge in [-0.25, -0.2) is 15.0 Å². The van der Waals surface area contributed by atoms with Crippen LogP contribution in [0.15, 0.2) is 200 Å². The third-order valence-corrected chi connectivity index (χ3v) is 9.66. The van der Waals surface area contributed by atoms with Crippen LogP contribution in [0.5, 0.6) is 0 Å². The summed E-state index contributed by atoms with van der Waals surface area (Å²) >= 11 is 0. The SMILES string of the molecule is [2H]c1c([2H])c([2H])c2c(c1[2H])c1c([2H])c(-n3c4c([2H])c([2H])c([2H])c([2H])c4c4c([2H])c([2H])c([2H])c([2H])c43)c([2H])c([2H])c1n2-c1cccc(-c2nc(-c3ccccc3)nc(-c3cccc(-c4ccccc4)c3)n2)c1. The first-order valence-corrected chi connectivity index (χ1v) is 17.6. The van der Waals surface area contributed by atoms with E-state index in [1.807, 2.05) is 84.9 Å². The van der Waals surface area contributed by atoms with Crippen LogP contribution in [0.2, 0.25) is 0 Å². The van der Waals surface area contributed by atoms with Gasteiger partial charge in [-0.3, -0.25) is 0 Å². The van der Waals surface area contributed by atoms with Crippen molar-refractivity contribution in [1.82, 2.24) is 24.1 Å². The van der Waals surface area contributed by atoms with E-state index in [1.54, 1.807) is 24.3 Å². The lowest BCUT2D eigenvalue weighted by atomic mass is 10.0. The van der Waals surface area contributed by atoms with Gasteiger partial charge in [0.1, 0.15) is 0 Å². The monoisotopic (exact) mass is 730 g/mol. The van der Waals surface area contributed by atoms with Gasteiger partial charge in [-0.2, -0.15) is 0 Å². The second kappa shape index (κ2) is 13.0. The van der Waals surface area contributed by atoms with Gasteiger partial charge in [-0.05, 0) is 65.6 Å². The van der Waals surface area contributed by atoms with Crippen LogP contribution in [0, 0.1) is 0 Å². The number of para-hydroxylation sites is 3. The van der Waals surface area contributed by atoms with Crippen LogP contribution < -0.4 is 0 Å². The van der Waals surface area contributed by atoms with Crippen molar-refractivity contribution in [2.24, 2.45) is 0 Å². The standard InChI is InChI=1S/C51H33N5/c1-3-15-34(16-4-1)36-19-13-20-37(31-36)50-52-49(35-17-5-2-6-18-35)53-51(54-50)38-21-14-22-39(32-38)55-47-28-12-9-25-43(47)44-33-40(29-30-48(44)55)56-45-26-10-7-23-41(45)42-24-8-11-27-46(42)56/h1-33H/i7D,8D,9D,10D,11D,12D,23D,24D,25D,26D,27D,28D,29D,30D,33D. The molecule has 3 aromatic heterocycles. The minimum atomic E-state index is -0.723. The molecule has 0 unspecified atom stereocenters. The fourth-order valence-electron chi connectivity index (χ4n) is 7.12. The van der Waals surface area contributed by atoms with Crippen molar-refractivity contribution in [3.8, 4) is 56.7 Å². The Morgan fingerprint density at radius 2 is 0.786 bits per heavy atom. The van der Waals surface area contributed by atoms with Crippen LogP contribution in [-0.4, -0.2) is 24.1 Å². The largest absolute Gasteiger partial charge is 0.309 e. The lowest BCUT2D eigenvalue weighted by Gasteiger charge is -2.12. The minimum absolute atomic E-state index is 0.146. The maximum atomic E-state index is 9.95. The molecule has 0 saturated heterocycles. The van der Waals surface area contributed by atoms with Crippen molar-refractivity contribution in [2.75, 3.05) is 0 Å². The third kappa shape index (κ3) is 5.29. The number of aromatic nitrogens is 5. The lowest BCUT2D eigenvalue weighted by molar-refractivity contribution is 1.07. The molecule has 0 saturated carbocycles. The van der Waals surface area contributed by atoms with Gasteiger partial charge in [0.25, 0.3) is 0 Å². The molecule has 0 bridgehead atoms. The van der Waals surface area contributed by atoms with E-state index in [0.717, 1.165) is 15.7 Å². The van der Waals surface area contributed by atoms with Crippen LogP contribution in [0.1, 0.15) is 20.6 Å². The van der Waals surface area contributed by atoms with E-state index in [-0.39, 0.29) is 55.1 Å². The highest BCUT2D eigenvalue weighted by molar-refractivity contribution is 6.12. The Bertz CT molecular complexity index is 4040. The Morgan fingerprint density at radius 1 is 0.339 bits per heavy atom. The summed E-state index contributed by atoms with van der Waals surface area (Å²) in [6, 6.07) is 24.0. The molecule has 0 spiro atoms. The van der Waals surface area contributed by atoms with Crippen LogP contribution >= 0.6 is 0 Å². The molecule has 5 heteroatoms. The van der Waals surface area contributed by atoms with E-state index >= 15 is 0 Å². The van der Waals surface area contributed by atoms with E-state index in [4.69, 9.17) is 28.7 Å². The van der Waals surface area contributed by atoms with Crippen LogP contribution in [0.4, 0.5) is 0 Å². The average Bonchev–Trinajstić information content (AvgIpc) is 3.95. The number of fused-ring (bicyclic) bond motifs is 6. The van der Waals surface area contributed by atoms with Crippen molar-refractivity contribution in [3.63, 3.8) is 0 Å². The summed E-state index contributed by atoms with van der Waals surface area (Å²) in [5.41, 5.74) is 2.43. The molecule has 0 amide bonds. The van der Waals surface area contributed by atoms with Crippen molar-refractivity contribution in [3.05, 3.63) is 200 Å². The molecular formula is C51H33N5. The van der Waals surface area contributed by atoms with Gasteiger partial charge in [-0.1, -0.05) is 145 Å². The number of benzene rings is 8. The Morgan fingerprint density at radius 3 is 1.41 bits per heavy atom. The van der Waals surface area contributed by atoms with E-state index in [1.165, 1.54) is 4.57 Å². The summed E-state index contributed by atoms with van der Waals surface area (Å²) in [5.74, 6) is 0.965. The summed E-state index contributed by atoms with van der Waals surface area (Å²) in [6.07, 6.45) is 0. The van der Waals surface area contributed by atoms with Crippen molar-refractivity contribution in [2.45, 2.75) is 0 Å². The Kier molecular flexibility index (Phi) is 4.70. The zero-order valence-electron chi connectivity index (χ0n) is 44.1. The fourth-order valence-corrected chi connectivity index (χ4v) is 7.12. The number of nitrogens with zero attached hydrogens (tertiary/aromatic N) is 5. The van der Waals surface area contributed by atoms with Gasteiger partial charge in [0, 0.05) is 49.6 Å². The van der Waals surface area contributed by atoms with Crippen molar-refractivity contribution < 1.29 is 20.6 Å². The summed E-state index contributed by atoms with van der Waals surface area (Å²) < 4.78 is 138. The maximum absolute atomic E-state index is 9.95. The van der Waals surface area contributed by atoms with Crippen molar-refractivity contribution >= 4 is 43.6 Å². The van der Waals surface area contributed by atoms with Crippen LogP contribution in [0.3, 0.4) is 0 Å². The van der Waals surface area contributed by atoms with Gasteiger partial charge in [-0.15, -0.1) is 0 Å². The molecule has 0 fully saturated rings. The number of hydrogen-bond donors (Lipinski definition) is 0. The summed E-state index contributed by atoms with van der Waals surface area (Å²) in [4.78, 5) is 14.8. The highest BCUT2D eigenvalue weighted by Crippen LogP contribution is 2.37. The maximum Gasteiger partial charge on any atom is 0.164 e. The number of hydrogen-bond acceptors (Lipinski definition) is 3. The first-order valence-electron chi connectivity index (χ1n) is 25.1. The Labute approximate surface area is 344 Å². The van der Waals surface area contributed by atoms with E-state index < -0.39 is 96.3 Å². The molecule has 5 nitrogen and oxygen atoms in total. The molecule has 262 valence electrons. The van der Waals surface area contributed by atoms with Gasteiger partial charge >= 0.3 is 0 Å². The highest BCUT2D eigenvalue weighted by Gasteiger charge is 2.18. The molecule has 0 aliphatic rings. The zero-order chi connectivity index (χ0) is 50.1. The quantitative estimate of drug-likeness (QED) is 0.171. The molecule has 0 N–H and O–H groups in total. The molecule has 11 aromatic rings. The van der Waals surface area contributed by atoms with Gasteiger partial charge in [0.05, 0.1) is 42.6 Å². The molecule has 0 atom stereocenters. The molecule has 3 heterocycles. The Balaban J connectivity index is 1.21. The summed E-state index contributed by atoms with van der Waals surface area (Å²) in [7, 11) is 0. The molecular weight excluding hydrogens is 683 g/mol. The van der Waals surface area contributed by atoms with Crippen LogP contribution in [0.25, 0.3) is 100 Å². The van der Waals surface area contributed by atoms with Crippen LogP contribution in [-0.2, 0) is 0 Å². The number of rotatable bonds is 6. The summed E-state index contributed by atoms with van der Waals surface area (Å²) in [6.45, 7) is 0. The predicted octanol–water partition coefficient (Wildman–Crippen LogP) is 12.7. The average molecular weight is 731 g/mol. The van der Waals surface area contributed by atoms with E-state index in [9.17, 15) is 6.85 Å². The van der Waals surface area contributed by atoms with E-state index in [2.05, 4.69) is 0 Å². The summed E-state index contributed by atoms with van der Waals surface area (Å²) in [5, 5.41) is -1.03. The second-order valence-corrected chi connectivity index (χ2v) is 13.0. The predicted molar refractivity (Wildman–Crippen MR) is 230 cm³/mol. The van der Waals surface area contributed by atoms with Crippen molar-refractivity contribution in [1.29, 1.82) is 0 Å². The third-order valence-electron chi connectivity index (χ3n) is 9.66. The lowest BCUT2D eigenvalue weighted by Crippen LogP contribution is -2.01. The van der Waals surface area contributed by atoms with Gasteiger partial charge in [0.15, 0.2) is 17.5 Å². The Hall–Kier alpha value is -7.63. The molecule has 0 aliphatic heterocycles. The smallest absolute Gasteiger partial charge is 0.164 e. The molecule has 56 heavy (non-hydrogen) atoms.